The largest absolute Gasteiger partial charge is 0.416 e. The van der Waals surface area contributed by atoms with Crippen LogP contribution in [0.2, 0.25) is 0 Å². The molecule has 0 aliphatic rings. The van der Waals surface area contributed by atoms with Crippen LogP contribution in [0.15, 0.2) is 29.6 Å². The molecule has 1 aromatic heterocycles. The molecule has 0 saturated carbocycles. The smallest absolute Gasteiger partial charge is 0.351 e. The number of carbonyl (C=O) groups excluding carboxylic acids is 1. The molecule has 134 valence electrons. The molecule has 0 bridgehead atoms. The Kier molecular flexibility index (Phi) is 9.27. The van der Waals surface area contributed by atoms with E-state index in [0.29, 0.717) is 30.1 Å². The van der Waals surface area contributed by atoms with Crippen molar-refractivity contribution in [3.8, 4) is 10.6 Å². The standard InChI is InChI=1S/C14H14F3N3OS.2ClH/c15-14(16,17)10-4-1-3-9(7-10)13-20-11(8-22-13)12(21)19-6-2-5-18;;/h1,3-4,7-8H,2,5-6,18H2,(H,19,21);2*1H. The van der Waals surface area contributed by atoms with Crippen LogP contribution in [0.25, 0.3) is 10.6 Å². The number of hydrogen-bond acceptors (Lipinski definition) is 4. The SMILES string of the molecule is Cl.Cl.NCCCNC(=O)c1csc(-c2cccc(C(F)(F)F)c2)n1. The molecule has 1 aromatic carbocycles. The fraction of sp³-hybridized carbons (Fsp3) is 0.286. The third-order valence-corrected chi connectivity index (χ3v) is 3.73. The highest BCUT2D eigenvalue weighted by atomic mass is 35.5. The van der Waals surface area contributed by atoms with E-state index < -0.39 is 11.7 Å². The second-order valence-electron chi connectivity index (χ2n) is 4.51. The van der Waals surface area contributed by atoms with Gasteiger partial charge < -0.3 is 11.1 Å². The number of rotatable bonds is 5. The normalized spacial score (nSPS) is 10.5. The zero-order valence-electron chi connectivity index (χ0n) is 12.3. The number of amides is 1. The van der Waals surface area contributed by atoms with Crippen molar-refractivity contribution in [2.24, 2.45) is 5.73 Å². The maximum Gasteiger partial charge on any atom is 0.416 e. The van der Waals surface area contributed by atoms with Gasteiger partial charge in [-0.15, -0.1) is 36.2 Å². The molecule has 1 amide bonds. The predicted octanol–water partition coefficient (Wildman–Crippen LogP) is 3.75. The molecule has 0 unspecified atom stereocenters. The van der Waals surface area contributed by atoms with Crippen LogP contribution in [0.4, 0.5) is 13.2 Å². The highest BCUT2D eigenvalue weighted by molar-refractivity contribution is 7.13. The molecule has 0 saturated heterocycles. The van der Waals surface area contributed by atoms with Crippen molar-refractivity contribution in [2.75, 3.05) is 13.1 Å². The molecule has 0 spiro atoms. The molecular formula is C14H16Cl2F3N3OS. The van der Waals surface area contributed by atoms with Gasteiger partial charge in [-0.05, 0) is 25.1 Å². The number of nitrogens with two attached hydrogens (primary N) is 1. The van der Waals surface area contributed by atoms with Crippen molar-refractivity contribution in [1.29, 1.82) is 0 Å². The Hall–Kier alpha value is -1.35. The van der Waals surface area contributed by atoms with Crippen LogP contribution in [-0.4, -0.2) is 24.0 Å². The lowest BCUT2D eigenvalue weighted by Crippen LogP contribution is -2.26. The number of thiazole rings is 1. The van der Waals surface area contributed by atoms with E-state index in [0.717, 1.165) is 23.5 Å². The zero-order chi connectivity index (χ0) is 16.2. The van der Waals surface area contributed by atoms with Gasteiger partial charge in [0, 0.05) is 17.5 Å². The van der Waals surface area contributed by atoms with Gasteiger partial charge in [-0.3, -0.25) is 4.79 Å². The minimum Gasteiger partial charge on any atom is -0.351 e. The maximum atomic E-state index is 12.7. The molecule has 24 heavy (non-hydrogen) atoms. The van der Waals surface area contributed by atoms with Crippen molar-refractivity contribution in [3.63, 3.8) is 0 Å². The van der Waals surface area contributed by atoms with Crippen LogP contribution >= 0.6 is 36.2 Å². The van der Waals surface area contributed by atoms with E-state index in [1.165, 1.54) is 17.5 Å². The van der Waals surface area contributed by atoms with Gasteiger partial charge in [-0.2, -0.15) is 13.2 Å². The molecule has 4 nitrogen and oxygen atoms in total. The first-order valence-electron chi connectivity index (χ1n) is 6.53. The molecule has 0 radical (unpaired) electrons. The highest BCUT2D eigenvalue weighted by Gasteiger charge is 2.30. The summed E-state index contributed by atoms with van der Waals surface area (Å²) in [6, 6.07) is 4.87. The minimum atomic E-state index is -4.41. The number of nitrogens with one attached hydrogen (secondary N) is 1. The van der Waals surface area contributed by atoms with E-state index in [1.807, 2.05) is 0 Å². The highest BCUT2D eigenvalue weighted by Crippen LogP contribution is 2.33. The van der Waals surface area contributed by atoms with E-state index in [-0.39, 0.29) is 36.4 Å². The van der Waals surface area contributed by atoms with Crippen LogP contribution in [-0.2, 0) is 6.18 Å². The number of carbonyl (C=O) groups is 1. The quantitative estimate of drug-likeness (QED) is 0.749. The first-order valence-corrected chi connectivity index (χ1v) is 7.41. The summed E-state index contributed by atoms with van der Waals surface area (Å²) in [5, 5.41) is 4.54. The Morgan fingerprint density at radius 2 is 2.00 bits per heavy atom. The Morgan fingerprint density at radius 3 is 2.62 bits per heavy atom. The van der Waals surface area contributed by atoms with Gasteiger partial charge in [0.2, 0.25) is 0 Å². The van der Waals surface area contributed by atoms with Crippen LogP contribution in [0.5, 0.6) is 0 Å². The average molecular weight is 402 g/mol. The van der Waals surface area contributed by atoms with Crippen molar-refractivity contribution in [1.82, 2.24) is 10.3 Å². The zero-order valence-corrected chi connectivity index (χ0v) is 14.7. The Morgan fingerprint density at radius 1 is 1.29 bits per heavy atom. The number of alkyl halides is 3. The lowest BCUT2D eigenvalue weighted by atomic mass is 10.1. The molecule has 2 rings (SSSR count). The number of aromatic nitrogens is 1. The summed E-state index contributed by atoms with van der Waals surface area (Å²) in [6.45, 7) is 0.901. The molecule has 0 aliphatic carbocycles. The number of nitrogens with zero attached hydrogens (tertiary/aromatic N) is 1. The Balaban J connectivity index is 0.00000264. The van der Waals surface area contributed by atoms with Crippen LogP contribution in [0, 0.1) is 0 Å². The summed E-state index contributed by atoms with van der Waals surface area (Å²) in [4.78, 5) is 15.9. The summed E-state index contributed by atoms with van der Waals surface area (Å²) < 4.78 is 38.1. The number of halogens is 5. The summed E-state index contributed by atoms with van der Waals surface area (Å²) in [5.74, 6) is -0.358. The first kappa shape index (κ1) is 22.6. The fourth-order valence-electron chi connectivity index (χ4n) is 1.73. The lowest BCUT2D eigenvalue weighted by molar-refractivity contribution is -0.137. The molecule has 0 aliphatic heterocycles. The number of hydrogen-bond donors (Lipinski definition) is 2. The van der Waals surface area contributed by atoms with Gasteiger partial charge in [0.25, 0.3) is 5.91 Å². The number of benzene rings is 1. The van der Waals surface area contributed by atoms with E-state index in [1.54, 1.807) is 0 Å². The molecule has 0 atom stereocenters. The molecule has 2 aromatic rings. The average Bonchev–Trinajstić information content (AvgIpc) is 2.96. The summed E-state index contributed by atoms with van der Waals surface area (Å²) in [5.41, 5.74) is 5.11. The maximum absolute atomic E-state index is 12.7. The fourth-order valence-corrected chi connectivity index (χ4v) is 2.53. The van der Waals surface area contributed by atoms with Gasteiger partial charge in [0.15, 0.2) is 0 Å². The van der Waals surface area contributed by atoms with E-state index in [2.05, 4.69) is 10.3 Å². The predicted molar refractivity (Wildman–Crippen MR) is 93.1 cm³/mol. The Labute approximate surface area is 153 Å². The third-order valence-electron chi connectivity index (χ3n) is 2.84. The molecule has 3 N–H and O–H groups in total. The molecule has 1 heterocycles. The molecular weight excluding hydrogens is 386 g/mol. The monoisotopic (exact) mass is 401 g/mol. The molecule has 10 heteroatoms. The topological polar surface area (TPSA) is 68.0 Å². The summed E-state index contributed by atoms with van der Waals surface area (Å²) in [6.07, 6.45) is -3.76. The van der Waals surface area contributed by atoms with Crippen LogP contribution in [0.3, 0.4) is 0 Å². The van der Waals surface area contributed by atoms with Gasteiger partial charge in [-0.1, -0.05) is 12.1 Å². The van der Waals surface area contributed by atoms with Gasteiger partial charge >= 0.3 is 6.18 Å². The van der Waals surface area contributed by atoms with Crippen LogP contribution < -0.4 is 11.1 Å². The molecule has 0 fully saturated rings. The van der Waals surface area contributed by atoms with Crippen molar-refractivity contribution in [2.45, 2.75) is 12.6 Å². The van der Waals surface area contributed by atoms with Gasteiger partial charge in [0.1, 0.15) is 10.7 Å². The first-order chi connectivity index (χ1) is 10.4. The van der Waals surface area contributed by atoms with Gasteiger partial charge in [0.05, 0.1) is 5.56 Å². The second kappa shape index (κ2) is 9.83. The summed E-state index contributed by atoms with van der Waals surface area (Å²) >= 11 is 1.13. The van der Waals surface area contributed by atoms with Crippen molar-refractivity contribution < 1.29 is 18.0 Å². The van der Waals surface area contributed by atoms with E-state index >= 15 is 0 Å². The minimum absolute atomic E-state index is 0. The second-order valence-corrected chi connectivity index (χ2v) is 5.37. The van der Waals surface area contributed by atoms with E-state index in [4.69, 9.17) is 5.73 Å². The van der Waals surface area contributed by atoms with Crippen molar-refractivity contribution in [3.05, 3.63) is 40.9 Å². The van der Waals surface area contributed by atoms with Crippen molar-refractivity contribution >= 4 is 42.1 Å². The third kappa shape index (κ3) is 5.94. The summed E-state index contributed by atoms with van der Waals surface area (Å²) in [7, 11) is 0. The van der Waals surface area contributed by atoms with Crippen LogP contribution in [0.1, 0.15) is 22.5 Å². The Bertz CT molecular complexity index is 665. The van der Waals surface area contributed by atoms with Gasteiger partial charge in [-0.25, -0.2) is 4.98 Å². The van der Waals surface area contributed by atoms with E-state index in [9.17, 15) is 18.0 Å². The lowest BCUT2D eigenvalue weighted by Gasteiger charge is -2.07.